The molecule has 4 atom stereocenters. The van der Waals surface area contributed by atoms with Gasteiger partial charge in [0.05, 0.1) is 10.9 Å². The lowest BCUT2D eigenvalue weighted by atomic mass is 9.85. The highest BCUT2D eigenvalue weighted by Gasteiger charge is 2.37. The van der Waals surface area contributed by atoms with E-state index in [9.17, 15) is 17.6 Å². The second-order valence-electron chi connectivity index (χ2n) is 12.0. The van der Waals surface area contributed by atoms with Crippen LogP contribution in [0.5, 0.6) is 0 Å². The third-order valence-corrected chi connectivity index (χ3v) is 11.0. The normalized spacial score (nSPS) is 18.4. The number of hydrogen-bond acceptors (Lipinski definition) is 5. The number of amides is 1. The zero-order valence-corrected chi connectivity index (χ0v) is 27.7. The molecule has 248 valence electrons. The second-order valence-corrected chi connectivity index (χ2v) is 14.3. The van der Waals surface area contributed by atoms with Crippen molar-refractivity contribution in [2.24, 2.45) is 5.73 Å². The number of carbonyl (C=O) groups excluding carboxylic acids is 1. The molecular weight excluding hydrogens is 642 g/mol. The Morgan fingerprint density at radius 2 is 1.68 bits per heavy atom. The summed E-state index contributed by atoms with van der Waals surface area (Å²) in [5.74, 6) is -1.81. The van der Waals surface area contributed by atoms with Gasteiger partial charge in [0.15, 0.2) is 0 Å². The predicted octanol–water partition coefficient (Wildman–Crippen LogP) is 6.28. The van der Waals surface area contributed by atoms with E-state index in [0.717, 1.165) is 11.1 Å². The van der Waals surface area contributed by atoms with Crippen molar-refractivity contribution < 1.29 is 22.0 Å². The molecule has 0 bridgehead atoms. The Morgan fingerprint density at radius 1 is 0.979 bits per heavy atom. The Morgan fingerprint density at radius 3 is 2.38 bits per heavy atom. The number of hydrogen-bond donors (Lipinski definition) is 3. The number of halogens is 3. The van der Waals surface area contributed by atoms with Crippen molar-refractivity contribution in [1.82, 2.24) is 9.62 Å². The summed E-state index contributed by atoms with van der Waals surface area (Å²) in [6, 6.07) is 24.3. The molecule has 4 aromatic carbocycles. The van der Waals surface area contributed by atoms with Gasteiger partial charge in [0, 0.05) is 47.4 Å². The Hall–Kier alpha value is -3.67. The third kappa shape index (κ3) is 8.44. The molecule has 0 aliphatic carbocycles. The van der Waals surface area contributed by atoms with Crippen LogP contribution in [-0.4, -0.2) is 49.8 Å². The van der Waals surface area contributed by atoms with Crippen LogP contribution in [0.25, 0.3) is 0 Å². The number of rotatable bonds is 12. The molecule has 47 heavy (non-hydrogen) atoms. The molecule has 1 aliphatic heterocycles. The van der Waals surface area contributed by atoms with E-state index in [2.05, 4.69) is 10.6 Å². The van der Waals surface area contributed by atoms with Crippen molar-refractivity contribution in [3.8, 4) is 0 Å². The number of anilines is 1. The average Bonchev–Trinajstić information content (AvgIpc) is 3.06. The largest absolute Gasteiger partial charge is 0.324 e. The van der Waals surface area contributed by atoms with Crippen LogP contribution in [0.15, 0.2) is 102 Å². The average molecular weight is 681 g/mol. The number of nitrogens with one attached hydrogen (secondary N) is 2. The summed E-state index contributed by atoms with van der Waals surface area (Å²) >= 11 is 6.11. The van der Waals surface area contributed by atoms with Gasteiger partial charge in [0.1, 0.15) is 11.6 Å². The van der Waals surface area contributed by atoms with E-state index >= 15 is 4.39 Å². The summed E-state index contributed by atoms with van der Waals surface area (Å²) in [6.45, 7) is 2.89. The Labute approximate surface area is 280 Å². The van der Waals surface area contributed by atoms with Crippen molar-refractivity contribution in [2.75, 3.05) is 18.4 Å². The van der Waals surface area contributed by atoms with Crippen LogP contribution in [0.1, 0.15) is 42.4 Å². The third-order valence-electron chi connectivity index (χ3n) is 8.68. The Balaban J connectivity index is 1.31. The molecule has 1 amide bonds. The molecule has 4 aromatic rings. The van der Waals surface area contributed by atoms with Crippen LogP contribution in [0.4, 0.5) is 14.5 Å². The van der Waals surface area contributed by atoms with E-state index in [1.54, 1.807) is 77.1 Å². The first-order valence-corrected chi connectivity index (χ1v) is 17.5. The fourth-order valence-corrected chi connectivity index (χ4v) is 8.25. The van der Waals surface area contributed by atoms with Crippen LogP contribution in [0.2, 0.25) is 5.02 Å². The highest BCUT2D eigenvalue weighted by Crippen LogP contribution is 2.29. The maximum absolute atomic E-state index is 15.3. The molecule has 1 aliphatic rings. The highest BCUT2D eigenvalue weighted by molar-refractivity contribution is 7.89. The van der Waals surface area contributed by atoms with E-state index in [0.29, 0.717) is 48.6 Å². The van der Waals surface area contributed by atoms with Crippen LogP contribution < -0.4 is 16.4 Å². The van der Waals surface area contributed by atoms with Gasteiger partial charge in [0.2, 0.25) is 15.9 Å². The van der Waals surface area contributed by atoms with Crippen LogP contribution in [0, 0.1) is 11.6 Å². The summed E-state index contributed by atoms with van der Waals surface area (Å²) in [5.41, 5.74) is 8.80. The molecule has 11 heteroatoms. The molecule has 0 aromatic heterocycles. The number of piperazine rings is 1. The fourth-order valence-electron chi connectivity index (χ4n) is 6.25. The number of nitrogens with zero attached hydrogens (tertiary/aromatic N) is 1. The van der Waals surface area contributed by atoms with Crippen LogP contribution >= 0.6 is 11.6 Å². The van der Waals surface area contributed by atoms with Gasteiger partial charge in [-0.2, -0.15) is 4.31 Å². The van der Waals surface area contributed by atoms with E-state index in [4.69, 9.17) is 17.3 Å². The molecule has 5 rings (SSSR count). The minimum absolute atomic E-state index is 0.241. The monoisotopic (exact) mass is 680 g/mol. The minimum Gasteiger partial charge on any atom is -0.324 e. The van der Waals surface area contributed by atoms with Crippen molar-refractivity contribution in [3.63, 3.8) is 0 Å². The van der Waals surface area contributed by atoms with Crippen molar-refractivity contribution in [2.45, 2.75) is 61.5 Å². The number of nitrogens with two attached hydrogens (primary N) is 1. The van der Waals surface area contributed by atoms with Gasteiger partial charge in [-0.3, -0.25) is 4.79 Å². The molecule has 1 saturated heterocycles. The smallest absolute Gasteiger partial charge is 0.243 e. The topological polar surface area (TPSA) is 105 Å². The van der Waals surface area contributed by atoms with Gasteiger partial charge in [-0.15, -0.1) is 0 Å². The maximum atomic E-state index is 15.3. The summed E-state index contributed by atoms with van der Waals surface area (Å²) in [7, 11) is -3.73. The van der Waals surface area contributed by atoms with Crippen molar-refractivity contribution in [3.05, 3.63) is 130 Å². The van der Waals surface area contributed by atoms with Gasteiger partial charge >= 0.3 is 0 Å². The molecular formula is C36H39ClF2N4O3S. The predicted molar refractivity (Wildman–Crippen MR) is 182 cm³/mol. The first-order valence-electron chi connectivity index (χ1n) is 15.7. The van der Waals surface area contributed by atoms with Crippen LogP contribution in [-0.2, 0) is 27.7 Å². The summed E-state index contributed by atoms with van der Waals surface area (Å²) < 4.78 is 57.6. The van der Waals surface area contributed by atoms with Crippen molar-refractivity contribution >= 4 is 33.2 Å². The van der Waals surface area contributed by atoms with Crippen molar-refractivity contribution in [1.29, 1.82) is 0 Å². The van der Waals surface area contributed by atoms with E-state index in [-0.39, 0.29) is 29.2 Å². The molecule has 0 radical (unpaired) electrons. The van der Waals surface area contributed by atoms with Gasteiger partial charge in [-0.05, 0) is 92.3 Å². The molecule has 1 fully saturated rings. The zero-order chi connectivity index (χ0) is 33.6. The van der Waals surface area contributed by atoms with Gasteiger partial charge in [0.25, 0.3) is 0 Å². The first kappa shape index (κ1) is 34.7. The molecule has 7 nitrogen and oxygen atoms in total. The summed E-state index contributed by atoms with van der Waals surface area (Å²) in [4.78, 5) is 13.9. The first-order chi connectivity index (χ1) is 22.5. The number of carbonyl (C=O) groups is 1. The maximum Gasteiger partial charge on any atom is 0.243 e. The SMILES string of the molecule is C[C@H]1CNC[C@H](CCCc2c(F)cccc2NC(=O)[C@@H](N)[C@@H](Cc2ccc(F)cc2)c2ccc(Cl)cc2)N1S(=O)(=O)c1ccccc1. The van der Waals surface area contributed by atoms with E-state index < -0.39 is 33.7 Å². The number of benzene rings is 4. The minimum atomic E-state index is -3.73. The van der Waals surface area contributed by atoms with Gasteiger partial charge in [-0.1, -0.05) is 60.1 Å². The lowest BCUT2D eigenvalue weighted by Gasteiger charge is -2.40. The summed E-state index contributed by atoms with van der Waals surface area (Å²) in [5, 5.41) is 6.71. The van der Waals surface area contributed by atoms with E-state index in [1.165, 1.54) is 24.3 Å². The summed E-state index contributed by atoms with van der Waals surface area (Å²) in [6.07, 6.45) is 1.61. The lowest BCUT2D eigenvalue weighted by Crippen LogP contribution is -2.58. The van der Waals surface area contributed by atoms with Crippen LogP contribution in [0.3, 0.4) is 0 Å². The number of sulfonamides is 1. The molecule has 0 unspecified atom stereocenters. The van der Waals surface area contributed by atoms with Gasteiger partial charge in [-0.25, -0.2) is 17.2 Å². The quantitative estimate of drug-likeness (QED) is 0.163. The Bertz CT molecular complexity index is 1760. The lowest BCUT2D eigenvalue weighted by molar-refractivity contribution is -0.117. The zero-order valence-electron chi connectivity index (χ0n) is 26.1. The standard InChI is InChI=1S/C36H39ClF2N4O3S/c1-24-22-41-23-29(43(24)47(45,46)30-8-3-2-4-9-30)7-5-10-31-33(39)11-6-12-34(31)42-36(44)35(40)32(26-15-17-27(37)18-16-26)21-25-13-19-28(38)20-14-25/h2-4,6,8-9,11-20,24,29,32,35,41H,5,7,10,21-23,40H2,1H3,(H,42,44)/t24-,29-,32-,35-/m0/s1. The molecule has 4 N–H and O–H groups in total. The highest BCUT2D eigenvalue weighted by atomic mass is 35.5. The molecule has 0 spiro atoms. The Kier molecular flexibility index (Phi) is 11.4. The van der Waals surface area contributed by atoms with Gasteiger partial charge < -0.3 is 16.4 Å². The van der Waals surface area contributed by atoms with E-state index in [1.807, 2.05) is 6.92 Å². The molecule has 1 heterocycles. The molecule has 0 saturated carbocycles. The fraction of sp³-hybridized carbons (Fsp3) is 0.306. The second kappa shape index (κ2) is 15.5.